The molecule has 0 radical (unpaired) electrons. The Labute approximate surface area is 88.3 Å². The minimum atomic E-state index is -0.477. The van der Waals surface area contributed by atoms with Gasteiger partial charge in [-0.3, -0.25) is 4.79 Å². The molecule has 15 heavy (non-hydrogen) atoms. The first-order chi connectivity index (χ1) is 6.86. The maximum Gasteiger partial charge on any atom is 0.191 e. The molecule has 0 aliphatic heterocycles. The van der Waals surface area contributed by atoms with Crippen LogP contribution in [-0.4, -0.2) is 10.9 Å². The summed E-state index contributed by atoms with van der Waals surface area (Å²) in [7, 11) is 0. The number of aliphatic hydroxyl groups is 1. The fourth-order valence-corrected chi connectivity index (χ4v) is 3.01. The molecule has 1 saturated carbocycles. The van der Waals surface area contributed by atoms with Gasteiger partial charge in [0.05, 0.1) is 0 Å². The van der Waals surface area contributed by atoms with E-state index >= 15 is 0 Å². The van der Waals surface area contributed by atoms with Crippen LogP contribution in [0.15, 0.2) is 16.6 Å². The van der Waals surface area contributed by atoms with Crippen LogP contribution < -0.4 is 0 Å². The van der Waals surface area contributed by atoms with E-state index in [1.807, 2.05) is 20.8 Å². The van der Waals surface area contributed by atoms with Crippen LogP contribution in [0.5, 0.6) is 0 Å². The smallest absolute Gasteiger partial charge is 0.191 e. The second kappa shape index (κ2) is 2.68. The van der Waals surface area contributed by atoms with Crippen LogP contribution in [0.3, 0.4) is 0 Å². The number of hydrogen-bond donors (Lipinski definition) is 1. The summed E-state index contributed by atoms with van der Waals surface area (Å²) in [6, 6.07) is 0. The lowest BCUT2D eigenvalue weighted by atomic mass is 9.60. The van der Waals surface area contributed by atoms with Crippen molar-refractivity contribution in [3.8, 4) is 0 Å². The quantitative estimate of drug-likeness (QED) is 0.675. The summed E-state index contributed by atoms with van der Waals surface area (Å²) in [4.78, 5) is 22.4. The molecular weight excluding hydrogens is 194 g/mol. The van der Waals surface area contributed by atoms with Gasteiger partial charge in [0.2, 0.25) is 0 Å². The lowest BCUT2D eigenvalue weighted by molar-refractivity contribution is -0.125. The number of carbonyl (C=O) groups is 1. The minimum Gasteiger partial charge on any atom is -0.509 e. The van der Waals surface area contributed by atoms with Gasteiger partial charge < -0.3 is 5.11 Å². The van der Waals surface area contributed by atoms with Gasteiger partial charge in [-0.1, -0.05) is 20.8 Å². The molecule has 2 rings (SSSR count). The van der Waals surface area contributed by atoms with E-state index in [4.69, 9.17) is 0 Å². The Morgan fingerprint density at radius 3 is 2.53 bits per heavy atom. The van der Waals surface area contributed by atoms with E-state index in [1.54, 1.807) is 0 Å². The predicted molar refractivity (Wildman–Crippen MR) is 55.1 cm³/mol. The van der Waals surface area contributed by atoms with Crippen molar-refractivity contribution in [1.82, 2.24) is 0 Å². The number of ketones is 1. The zero-order chi connectivity index (χ0) is 11.4. The molecule has 82 valence electrons. The first kappa shape index (κ1) is 10.3. The van der Waals surface area contributed by atoms with Crippen LogP contribution in [-0.2, 0) is 4.79 Å². The molecule has 2 aliphatic carbocycles. The fourth-order valence-electron chi connectivity index (χ4n) is 3.01. The number of aliphatic hydroxyl groups excluding tert-OH is 1. The third-order valence-electron chi connectivity index (χ3n) is 4.61. The fraction of sp³-hybridized carbons (Fsp3) is 0.727. The predicted octanol–water partition coefficient (Wildman–Crippen LogP) is 2.55. The zero-order valence-electron chi connectivity index (χ0n) is 9.20. The van der Waals surface area contributed by atoms with Gasteiger partial charge in [0.25, 0.3) is 0 Å². The zero-order valence-corrected chi connectivity index (χ0v) is 9.20. The highest BCUT2D eigenvalue weighted by Crippen LogP contribution is 2.62. The minimum absolute atomic E-state index is 0.110. The summed E-state index contributed by atoms with van der Waals surface area (Å²) in [5.74, 6) is -0.574. The Morgan fingerprint density at radius 1 is 1.40 bits per heavy atom. The number of rotatable bonds is 1. The lowest BCUT2D eigenvalue weighted by Crippen LogP contribution is -2.43. The number of nitroso groups, excluding NO2 is 1. The molecule has 2 bridgehead atoms. The molecule has 0 saturated heterocycles. The van der Waals surface area contributed by atoms with Gasteiger partial charge >= 0.3 is 0 Å². The number of fused-ring (bicyclic) bond motifs is 2. The second-order valence-corrected chi connectivity index (χ2v) is 5.30. The van der Waals surface area contributed by atoms with Crippen LogP contribution in [0, 0.1) is 21.7 Å². The topological polar surface area (TPSA) is 66.7 Å². The molecule has 4 heteroatoms. The van der Waals surface area contributed by atoms with Gasteiger partial charge in [0.15, 0.2) is 11.5 Å². The number of nitrogens with zero attached hydrogens (tertiary/aromatic N) is 1. The van der Waals surface area contributed by atoms with Gasteiger partial charge in [0, 0.05) is 11.3 Å². The monoisotopic (exact) mass is 209 g/mol. The van der Waals surface area contributed by atoms with Gasteiger partial charge in [-0.25, -0.2) is 0 Å². The molecule has 4 nitrogen and oxygen atoms in total. The summed E-state index contributed by atoms with van der Waals surface area (Å²) in [5, 5.41) is 12.7. The van der Waals surface area contributed by atoms with Crippen molar-refractivity contribution in [2.24, 2.45) is 21.9 Å². The van der Waals surface area contributed by atoms with Crippen molar-refractivity contribution in [3.63, 3.8) is 0 Å². The molecule has 2 aliphatic rings. The Kier molecular flexibility index (Phi) is 1.85. The number of hydrogen-bond acceptors (Lipinski definition) is 4. The molecule has 0 aromatic rings. The Hall–Kier alpha value is -1.19. The highest BCUT2D eigenvalue weighted by molar-refractivity contribution is 5.99. The van der Waals surface area contributed by atoms with Gasteiger partial charge in [-0.2, -0.15) is 0 Å². The van der Waals surface area contributed by atoms with Gasteiger partial charge in [-0.15, -0.1) is 4.91 Å². The van der Waals surface area contributed by atoms with Crippen molar-refractivity contribution < 1.29 is 9.90 Å². The summed E-state index contributed by atoms with van der Waals surface area (Å²) in [5.41, 5.74) is -1.02. The van der Waals surface area contributed by atoms with Crippen LogP contribution in [0.4, 0.5) is 0 Å². The maximum absolute atomic E-state index is 11.9. The third-order valence-corrected chi connectivity index (χ3v) is 4.61. The third kappa shape index (κ3) is 0.945. The standard InChI is InChI=1S/C11H15NO3/c1-10(2)6-4-5-11(10,3)9(14)7(12-15)8(6)13/h6,14H,4-5H2,1-3H3/t6-,11+/m1/s1. The second-order valence-electron chi connectivity index (χ2n) is 5.30. The van der Waals surface area contributed by atoms with E-state index in [2.05, 4.69) is 5.18 Å². The summed E-state index contributed by atoms with van der Waals surface area (Å²) >= 11 is 0. The average molecular weight is 209 g/mol. The van der Waals surface area contributed by atoms with Crippen LogP contribution >= 0.6 is 0 Å². The first-order valence-corrected chi connectivity index (χ1v) is 5.17. The van der Waals surface area contributed by atoms with Crippen molar-refractivity contribution in [2.45, 2.75) is 33.6 Å². The highest BCUT2D eigenvalue weighted by Gasteiger charge is 2.61. The van der Waals surface area contributed by atoms with Crippen molar-refractivity contribution in [2.75, 3.05) is 0 Å². The Balaban J connectivity index is 2.68. The Bertz CT molecular complexity index is 383. The van der Waals surface area contributed by atoms with Crippen LogP contribution in [0.1, 0.15) is 33.6 Å². The lowest BCUT2D eigenvalue weighted by Gasteiger charge is -2.43. The maximum atomic E-state index is 11.9. The molecule has 0 aromatic heterocycles. The molecule has 0 heterocycles. The van der Waals surface area contributed by atoms with Crippen LogP contribution in [0.25, 0.3) is 0 Å². The van der Waals surface area contributed by atoms with E-state index in [-0.39, 0.29) is 28.6 Å². The van der Waals surface area contributed by atoms with Crippen LogP contribution in [0.2, 0.25) is 0 Å². The van der Waals surface area contributed by atoms with E-state index in [1.165, 1.54) is 0 Å². The summed E-state index contributed by atoms with van der Waals surface area (Å²) < 4.78 is 0. The molecule has 0 aromatic carbocycles. The molecule has 0 unspecified atom stereocenters. The average Bonchev–Trinajstić information content (AvgIpc) is 2.33. The van der Waals surface area contributed by atoms with Crippen molar-refractivity contribution in [1.29, 1.82) is 0 Å². The van der Waals surface area contributed by atoms with Crippen molar-refractivity contribution in [3.05, 3.63) is 16.4 Å². The van der Waals surface area contributed by atoms with Gasteiger partial charge in [-0.05, 0) is 23.4 Å². The normalized spacial score (nSPS) is 38.3. The molecule has 1 N–H and O–H groups in total. The molecule has 0 spiro atoms. The summed E-state index contributed by atoms with van der Waals surface area (Å²) in [6.07, 6.45) is 1.46. The molecule has 0 amide bonds. The SMILES string of the molecule is CC1(C)[C@@H]2CC[C@@]1(C)C(O)=C(N=O)C2=O. The largest absolute Gasteiger partial charge is 0.509 e. The van der Waals surface area contributed by atoms with Crippen molar-refractivity contribution >= 4 is 5.78 Å². The molecule has 2 atom stereocenters. The number of carbonyl (C=O) groups excluding carboxylic acids is 1. The van der Waals surface area contributed by atoms with Gasteiger partial charge in [0.1, 0.15) is 5.76 Å². The Morgan fingerprint density at radius 2 is 2.00 bits per heavy atom. The molecular formula is C11H15NO3. The number of allylic oxidation sites excluding steroid dienone is 2. The highest BCUT2D eigenvalue weighted by atomic mass is 16.3. The van der Waals surface area contributed by atoms with E-state index in [0.29, 0.717) is 0 Å². The van der Waals surface area contributed by atoms with E-state index < -0.39 is 5.41 Å². The summed E-state index contributed by atoms with van der Waals surface area (Å²) in [6.45, 7) is 5.85. The van der Waals surface area contributed by atoms with E-state index in [9.17, 15) is 14.8 Å². The molecule has 1 fully saturated rings. The first-order valence-electron chi connectivity index (χ1n) is 5.17. The van der Waals surface area contributed by atoms with E-state index in [0.717, 1.165) is 12.8 Å². The number of Topliss-reactive ketones (excluding diaryl/α,β-unsaturated/α-hetero) is 1.